The number of likely N-dealkylation sites (tertiary alicyclic amines) is 1. The number of piperidine rings is 1. The molecule has 34 heavy (non-hydrogen) atoms. The second-order valence-electron chi connectivity index (χ2n) is 9.44. The number of nitrogens with one attached hydrogen (secondary N) is 1. The highest BCUT2D eigenvalue weighted by Gasteiger charge is 2.32. The first kappa shape index (κ1) is 21.6. The van der Waals surface area contributed by atoms with Crippen molar-refractivity contribution < 1.29 is 14.2 Å². The number of halogens is 1. The lowest BCUT2D eigenvalue weighted by atomic mass is 10.0. The van der Waals surface area contributed by atoms with Gasteiger partial charge in [-0.15, -0.1) is 0 Å². The molecule has 0 radical (unpaired) electrons. The van der Waals surface area contributed by atoms with Crippen molar-refractivity contribution >= 4 is 11.0 Å². The van der Waals surface area contributed by atoms with Crippen LogP contribution in [0.2, 0.25) is 0 Å². The van der Waals surface area contributed by atoms with E-state index in [-0.39, 0.29) is 30.0 Å². The molecule has 0 spiro atoms. The van der Waals surface area contributed by atoms with Crippen LogP contribution in [0.3, 0.4) is 0 Å². The van der Waals surface area contributed by atoms with Crippen molar-refractivity contribution in [2.24, 2.45) is 0 Å². The number of β-amino-alcohol motifs (C(OH)–C–C–N with tert-alkyl or cyclic N) is 1. The Morgan fingerprint density at radius 1 is 1.26 bits per heavy atom. The minimum absolute atomic E-state index is 0.0425. The van der Waals surface area contributed by atoms with Gasteiger partial charge in [0.15, 0.2) is 11.6 Å². The third-order valence-electron chi connectivity index (χ3n) is 7.19. The number of rotatable bonds is 5. The van der Waals surface area contributed by atoms with Crippen LogP contribution in [0.25, 0.3) is 11.0 Å². The van der Waals surface area contributed by atoms with E-state index < -0.39 is 11.9 Å². The molecule has 6 rings (SSSR count). The summed E-state index contributed by atoms with van der Waals surface area (Å²) in [6, 6.07) is 4.85. The van der Waals surface area contributed by atoms with E-state index in [0.29, 0.717) is 30.7 Å². The SMILES string of the molecule is O=c1ccc2ncc(F)c3c2n1[C@H](CN1CC[C@H](NCc2cc4c(nn2)CCC4)[C@H](O)C1)CO3. The maximum Gasteiger partial charge on any atom is 0.251 e. The summed E-state index contributed by atoms with van der Waals surface area (Å²) in [4.78, 5) is 18.9. The second kappa shape index (κ2) is 8.68. The smallest absolute Gasteiger partial charge is 0.251 e. The standard InChI is InChI=1S/C24H27FN6O3/c25-17-10-27-20-4-5-22(33)31-16(13-34-24(17)23(20)31)11-30-7-6-19(21(32)12-30)26-9-15-8-14-2-1-3-18(14)29-28-15/h4-5,8,10,16,19,21,26,32H,1-3,6-7,9,11-13H2/t16-,19+,21-/m1/s1. The Bertz CT molecular complexity index is 1300. The van der Waals surface area contributed by atoms with E-state index >= 15 is 0 Å². The van der Waals surface area contributed by atoms with Crippen LogP contribution in [0.4, 0.5) is 4.39 Å². The number of nitrogens with zero attached hydrogens (tertiary/aromatic N) is 5. The quantitative estimate of drug-likeness (QED) is 0.573. The van der Waals surface area contributed by atoms with Crippen LogP contribution in [0.5, 0.6) is 5.75 Å². The average molecular weight is 467 g/mol. The first-order valence-electron chi connectivity index (χ1n) is 11.9. The second-order valence-corrected chi connectivity index (χ2v) is 9.44. The van der Waals surface area contributed by atoms with Crippen molar-refractivity contribution in [2.75, 3.05) is 26.2 Å². The van der Waals surface area contributed by atoms with Crippen LogP contribution in [0.1, 0.15) is 35.8 Å². The van der Waals surface area contributed by atoms with Gasteiger partial charge in [-0.3, -0.25) is 19.2 Å². The number of hydrogen-bond acceptors (Lipinski definition) is 8. The van der Waals surface area contributed by atoms with Crippen molar-refractivity contribution in [1.29, 1.82) is 0 Å². The van der Waals surface area contributed by atoms with Crippen molar-refractivity contribution in [3.8, 4) is 5.75 Å². The van der Waals surface area contributed by atoms with E-state index in [9.17, 15) is 14.3 Å². The molecule has 5 heterocycles. The van der Waals surface area contributed by atoms with Crippen LogP contribution in [0.15, 0.2) is 29.2 Å². The highest BCUT2D eigenvalue weighted by molar-refractivity contribution is 5.82. The molecule has 1 aliphatic carbocycles. The number of aryl methyl sites for hydroxylation is 2. The Morgan fingerprint density at radius 2 is 2.18 bits per heavy atom. The highest BCUT2D eigenvalue weighted by atomic mass is 19.1. The molecule has 3 aromatic heterocycles. The summed E-state index contributed by atoms with van der Waals surface area (Å²) in [6.45, 7) is 2.53. The summed E-state index contributed by atoms with van der Waals surface area (Å²) in [5.41, 5.74) is 4.02. The van der Waals surface area contributed by atoms with Gasteiger partial charge in [0.1, 0.15) is 12.1 Å². The Balaban J connectivity index is 1.11. The van der Waals surface area contributed by atoms with Crippen LogP contribution in [-0.2, 0) is 19.4 Å². The lowest BCUT2D eigenvalue weighted by molar-refractivity contribution is 0.0294. The first-order chi connectivity index (χ1) is 16.6. The zero-order valence-electron chi connectivity index (χ0n) is 18.8. The Hall–Kier alpha value is -2.95. The molecule has 178 valence electrons. The number of aliphatic hydroxyl groups excluding tert-OH is 1. The zero-order valence-corrected chi connectivity index (χ0v) is 18.8. The van der Waals surface area contributed by atoms with Crippen molar-refractivity contribution in [2.45, 2.75) is 50.4 Å². The lowest BCUT2D eigenvalue weighted by Crippen LogP contribution is -2.54. The van der Waals surface area contributed by atoms with Gasteiger partial charge in [-0.1, -0.05) is 0 Å². The highest BCUT2D eigenvalue weighted by Crippen LogP contribution is 2.32. The average Bonchev–Trinajstić information content (AvgIpc) is 3.31. The number of hydrogen-bond donors (Lipinski definition) is 2. The summed E-state index contributed by atoms with van der Waals surface area (Å²) >= 11 is 0. The van der Waals surface area contributed by atoms with Crippen LogP contribution in [0, 0.1) is 5.82 Å². The molecule has 0 aromatic carbocycles. The summed E-state index contributed by atoms with van der Waals surface area (Å²) < 4.78 is 21.5. The number of aromatic nitrogens is 4. The third-order valence-corrected chi connectivity index (χ3v) is 7.19. The van der Waals surface area contributed by atoms with Gasteiger partial charge in [0.2, 0.25) is 0 Å². The third kappa shape index (κ3) is 3.85. The van der Waals surface area contributed by atoms with E-state index in [2.05, 4.69) is 31.5 Å². The molecular formula is C24H27FN6O3. The van der Waals surface area contributed by atoms with Gasteiger partial charge < -0.3 is 15.2 Å². The van der Waals surface area contributed by atoms with Gasteiger partial charge in [0.05, 0.1) is 35.2 Å². The minimum Gasteiger partial charge on any atom is -0.486 e. The fourth-order valence-corrected chi connectivity index (χ4v) is 5.46. The fraction of sp³-hybridized carbons (Fsp3) is 0.500. The molecule has 0 amide bonds. The van der Waals surface area contributed by atoms with Crippen molar-refractivity contribution in [3.63, 3.8) is 0 Å². The van der Waals surface area contributed by atoms with Gasteiger partial charge in [-0.2, -0.15) is 10.2 Å². The number of aliphatic hydroxyl groups is 1. The van der Waals surface area contributed by atoms with Crippen LogP contribution in [-0.4, -0.2) is 68.1 Å². The molecule has 0 unspecified atom stereocenters. The Labute approximate surface area is 195 Å². The molecule has 3 aliphatic rings. The molecule has 10 heteroatoms. The van der Waals surface area contributed by atoms with Crippen LogP contribution >= 0.6 is 0 Å². The van der Waals surface area contributed by atoms with E-state index in [1.807, 2.05) is 0 Å². The van der Waals surface area contributed by atoms with Gasteiger partial charge in [0, 0.05) is 31.7 Å². The molecule has 2 aliphatic heterocycles. The fourth-order valence-electron chi connectivity index (χ4n) is 5.46. The molecule has 2 N–H and O–H groups in total. The van der Waals surface area contributed by atoms with Crippen LogP contribution < -0.4 is 15.6 Å². The summed E-state index contributed by atoms with van der Waals surface area (Å²) in [7, 11) is 0. The molecule has 3 atom stereocenters. The maximum absolute atomic E-state index is 14.2. The zero-order chi connectivity index (χ0) is 23.2. The lowest BCUT2D eigenvalue weighted by Gasteiger charge is -2.39. The molecular weight excluding hydrogens is 439 g/mol. The van der Waals surface area contributed by atoms with E-state index in [1.54, 1.807) is 10.6 Å². The van der Waals surface area contributed by atoms with Gasteiger partial charge >= 0.3 is 0 Å². The predicted molar refractivity (Wildman–Crippen MR) is 122 cm³/mol. The number of fused-ring (bicyclic) bond motifs is 1. The maximum atomic E-state index is 14.2. The van der Waals surface area contributed by atoms with Gasteiger partial charge in [-0.05, 0) is 49.9 Å². The topological polar surface area (TPSA) is 105 Å². The molecule has 9 nitrogen and oxygen atoms in total. The van der Waals surface area contributed by atoms with E-state index in [0.717, 1.165) is 49.8 Å². The summed E-state index contributed by atoms with van der Waals surface area (Å²) in [5.74, 6) is -0.489. The monoisotopic (exact) mass is 466 g/mol. The normalized spacial score (nSPS) is 24.2. The Kier molecular flexibility index (Phi) is 5.51. The molecule has 3 aromatic rings. The molecule has 0 bridgehead atoms. The van der Waals surface area contributed by atoms with Crippen molar-refractivity contribution in [3.05, 3.63) is 57.5 Å². The van der Waals surface area contributed by atoms with Gasteiger partial charge in [-0.25, -0.2) is 4.39 Å². The van der Waals surface area contributed by atoms with E-state index in [1.165, 1.54) is 11.6 Å². The Morgan fingerprint density at radius 3 is 3.06 bits per heavy atom. The minimum atomic E-state index is -0.569. The molecule has 0 saturated carbocycles. The summed E-state index contributed by atoms with van der Waals surface area (Å²) in [6.07, 6.45) is 4.54. The number of ether oxygens (including phenoxy) is 1. The molecule has 1 saturated heterocycles. The largest absolute Gasteiger partial charge is 0.486 e. The summed E-state index contributed by atoms with van der Waals surface area (Å²) in [5, 5.41) is 22.9. The van der Waals surface area contributed by atoms with Gasteiger partial charge in [0.25, 0.3) is 5.56 Å². The number of pyridine rings is 2. The van der Waals surface area contributed by atoms with Crippen molar-refractivity contribution in [1.82, 2.24) is 30.0 Å². The first-order valence-corrected chi connectivity index (χ1v) is 11.9. The molecule has 1 fully saturated rings. The van der Waals surface area contributed by atoms with E-state index in [4.69, 9.17) is 4.74 Å². The predicted octanol–water partition coefficient (Wildman–Crippen LogP) is 0.973.